The Kier molecular flexibility index (Phi) is 5.16. The first-order valence-corrected chi connectivity index (χ1v) is 10.6. The van der Waals surface area contributed by atoms with Crippen molar-refractivity contribution in [2.75, 3.05) is 11.9 Å². The lowest BCUT2D eigenvalue weighted by molar-refractivity contribution is -0.116. The lowest BCUT2D eigenvalue weighted by Crippen LogP contribution is -2.31. The highest BCUT2D eigenvalue weighted by Gasteiger charge is 2.36. The van der Waals surface area contributed by atoms with Crippen LogP contribution in [0.5, 0.6) is 11.5 Å². The molecule has 158 valence electrons. The van der Waals surface area contributed by atoms with E-state index in [2.05, 4.69) is 15.4 Å². The molecule has 2 aromatic carbocycles. The van der Waals surface area contributed by atoms with Gasteiger partial charge in [0, 0.05) is 17.7 Å². The molecule has 0 saturated carbocycles. The largest absolute Gasteiger partial charge is 0.490 e. The Labute approximate surface area is 180 Å². The molecule has 7 nitrogen and oxygen atoms in total. The standard InChI is InChI=1S/C24H24N4O3/c1-2-30-21-13-17(11-12-20(21)31-14-16-7-4-3-5-8-16)23-22-18(9-6-10-19(22)29)27-24-25-15-26-28(23)24/h3-5,7-8,11-13,15,23H,2,6,9-10,14H2,1H3,(H,25,26,27). The van der Waals surface area contributed by atoms with Crippen LogP contribution < -0.4 is 14.8 Å². The van der Waals surface area contributed by atoms with Crippen LogP contribution >= 0.6 is 0 Å². The van der Waals surface area contributed by atoms with Gasteiger partial charge in [-0.25, -0.2) is 4.68 Å². The number of anilines is 1. The van der Waals surface area contributed by atoms with Crippen LogP contribution in [-0.2, 0) is 11.4 Å². The molecular weight excluding hydrogens is 392 g/mol. The second kappa shape index (κ2) is 8.26. The molecule has 1 atom stereocenters. The van der Waals surface area contributed by atoms with Crippen LogP contribution in [0.4, 0.5) is 5.95 Å². The first-order valence-electron chi connectivity index (χ1n) is 10.6. The number of hydrogen-bond donors (Lipinski definition) is 1. The molecule has 0 radical (unpaired) electrons. The third kappa shape index (κ3) is 3.67. The molecule has 1 aliphatic heterocycles. The Hall–Kier alpha value is -3.61. The van der Waals surface area contributed by atoms with Crippen molar-refractivity contribution in [3.63, 3.8) is 0 Å². The topological polar surface area (TPSA) is 78.3 Å². The van der Waals surface area contributed by atoms with E-state index in [9.17, 15) is 4.79 Å². The molecule has 1 N–H and O–H groups in total. The van der Waals surface area contributed by atoms with Crippen LogP contribution in [0.15, 0.2) is 66.1 Å². The SMILES string of the molecule is CCOc1cc(C2C3=C(CCCC3=O)Nc3ncnn32)ccc1OCc1ccccc1. The second-order valence-corrected chi connectivity index (χ2v) is 7.64. The van der Waals surface area contributed by atoms with Crippen LogP contribution in [0.25, 0.3) is 0 Å². The second-order valence-electron chi connectivity index (χ2n) is 7.64. The average Bonchev–Trinajstić information content (AvgIpc) is 3.26. The van der Waals surface area contributed by atoms with Gasteiger partial charge in [-0.05, 0) is 43.0 Å². The minimum Gasteiger partial charge on any atom is -0.490 e. The zero-order valence-electron chi connectivity index (χ0n) is 17.4. The molecule has 0 bridgehead atoms. The van der Waals surface area contributed by atoms with Crippen molar-refractivity contribution in [2.45, 2.75) is 38.8 Å². The summed E-state index contributed by atoms with van der Waals surface area (Å²) in [6, 6.07) is 15.5. The summed E-state index contributed by atoms with van der Waals surface area (Å²) in [7, 11) is 0. The third-order valence-electron chi connectivity index (χ3n) is 5.63. The fourth-order valence-electron chi connectivity index (χ4n) is 4.22. The number of Topliss-reactive ketones (excluding diaryl/α,β-unsaturated/α-hetero) is 1. The monoisotopic (exact) mass is 416 g/mol. The van der Waals surface area contributed by atoms with Crippen LogP contribution in [0.2, 0.25) is 0 Å². The Morgan fingerprint density at radius 2 is 1.97 bits per heavy atom. The molecule has 31 heavy (non-hydrogen) atoms. The van der Waals surface area contributed by atoms with E-state index in [1.807, 2.05) is 55.5 Å². The molecule has 0 fully saturated rings. The van der Waals surface area contributed by atoms with Crippen molar-refractivity contribution in [3.05, 3.63) is 77.3 Å². The lowest BCUT2D eigenvalue weighted by atomic mass is 9.85. The molecule has 0 spiro atoms. The van der Waals surface area contributed by atoms with E-state index in [0.29, 0.717) is 37.1 Å². The number of ether oxygens (including phenoxy) is 2. The number of nitrogens with zero attached hydrogens (tertiary/aromatic N) is 3. The number of carbonyl (C=O) groups is 1. The Balaban J connectivity index is 1.51. The van der Waals surface area contributed by atoms with Crippen molar-refractivity contribution in [1.29, 1.82) is 0 Å². The number of carbonyl (C=O) groups excluding carboxylic acids is 1. The minimum atomic E-state index is -0.330. The summed E-state index contributed by atoms with van der Waals surface area (Å²) in [5.74, 6) is 2.14. The van der Waals surface area contributed by atoms with Crippen LogP contribution in [-0.4, -0.2) is 27.2 Å². The van der Waals surface area contributed by atoms with Gasteiger partial charge in [-0.3, -0.25) is 4.79 Å². The molecule has 1 aliphatic carbocycles. The third-order valence-corrected chi connectivity index (χ3v) is 5.63. The van der Waals surface area contributed by atoms with Crippen LogP contribution in [0.1, 0.15) is 43.4 Å². The number of ketones is 1. The number of nitrogens with one attached hydrogen (secondary N) is 1. The van der Waals surface area contributed by atoms with Crippen LogP contribution in [0, 0.1) is 0 Å². The maximum absolute atomic E-state index is 12.9. The Morgan fingerprint density at radius 3 is 2.81 bits per heavy atom. The van der Waals surface area contributed by atoms with Crippen molar-refractivity contribution in [1.82, 2.24) is 14.8 Å². The summed E-state index contributed by atoms with van der Waals surface area (Å²) >= 11 is 0. The van der Waals surface area contributed by atoms with Gasteiger partial charge < -0.3 is 14.8 Å². The van der Waals surface area contributed by atoms with Crippen molar-refractivity contribution < 1.29 is 14.3 Å². The van der Waals surface area contributed by atoms with E-state index in [0.717, 1.165) is 35.2 Å². The van der Waals surface area contributed by atoms with Gasteiger partial charge in [0.15, 0.2) is 17.3 Å². The normalized spacial score (nSPS) is 17.6. The van der Waals surface area contributed by atoms with Gasteiger partial charge in [-0.2, -0.15) is 10.1 Å². The summed E-state index contributed by atoms with van der Waals surface area (Å²) in [4.78, 5) is 17.2. The van der Waals surface area contributed by atoms with Gasteiger partial charge in [0.25, 0.3) is 0 Å². The van der Waals surface area contributed by atoms with E-state index in [-0.39, 0.29) is 11.8 Å². The van der Waals surface area contributed by atoms with E-state index in [4.69, 9.17) is 9.47 Å². The lowest BCUT2D eigenvalue weighted by Gasteiger charge is -2.32. The summed E-state index contributed by atoms with van der Waals surface area (Å²) in [5, 5.41) is 7.69. The fraction of sp³-hybridized carbons (Fsp3) is 0.292. The quantitative estimate of drug-likeness (QED) is 0.646. The number of fused-ring (bicyclic) bond motifs is 1. The zero-order chi connectivity index (χ0) is 21.2. The molecule has 7 heteroatoms. The molecule has 5 rings (SSSR count). The highest BCUT2D eigenvalue weighted by Crippen LogP contribution is 2.41. The molecule has 0 saturated heterocycles. The number of hydrogen-bond acceptors (Lipinski definition) is 6. The highest BCUT2D eigenvalue weighted by atomic mass is 16.5. The van der Waals surface area contributed by atoms with Gasteiger partial charge in [0.1, 0.15) is 19.0 Å². The minimum absolute atomic E-state index is 0.155. The van der Waals surface area contributed by atoms with Gasteiger partial charge in [-0.15, -0.1) is 0 Å². The van der Waals surface area contributed by atoms with Gasteiger partial charge >= 0.3 is 0 Å². The van der Waals surface area contributed by atoms with Gasteiger partial charge in [0.05, 0.1) is 6.61 Å². The maximum Gasteiger partial charge on any atom is 0.226 e. The van der Waals surface area contributed by atoms with Gasteiger partial charge in [0.2, 0.25) is 5.95 Å². The van der Waals surface area contributed by atoms with E-state index in [1.54, 1.807) is 4.68 Å². The molecule has 0 amide bonds. The summed E-state index contributed by atoms with van der Waals surface area (Å²) < 4.78 is 13.7. The maximum atomic E-state index is 12.9. The number of allylic oxidation sites excluding steroid dienone is 2. The van der Waals surface area contributed by atoms with Crippen molar-refractivity contribution in [2.24, 2.45) is 0 Å². The number of aromatic nitrogens is 3. The molecule has 3 aromatic rings. The number of rotatable bonds is 6. The van der Waals surface area contributed by atoms with Crippen molar-refractivity contribution in [3.8, 4) is 11.5 Å². The van der Waals surface area contributed by atoms with E-state index < -0.39 is 0 Å². The zero-order valence-corrected chi connectivity index (χ0v) is 17.4. The smallest absolute Gasteiger partial charge is 0.226 e. The predicted molar refractivity (Wildman–Crippen MR) is 116 cm³/mol. The van der Waals surface area contributed by atoms with E-state index in [1.165, 1.54) is 6.33 Å². The highest BCUT2D eigenvalue weighted by molar-refractivity contribution is 5.99. The molecule has 2 aliphatic rings. The molecule has 1 aromatic heterocycles. The Bertz CT molecular complexity index is 1140. The summed E-state index contributed by atoms with van der Waals surface area (Å²) in [5.41, 5.74) is 3.72. The molecule has 1 unspecified atom stereocenters. The van der Waals surface area contributed by atoms with Crippen molar-refractivity contribution >= 4 is 11.7 Å². The average molecular weight is 416 g/mol. The predicted octanol–water partition coefficient (Wildman–Crippen LogP) is 4.28. The number of benzene rings is 2. The Morgan fingerprint density at radius 1 is 1.10 bits per heavy atom. The summed E-state index contributed by atoms with van der Waals surface area (Å²) in [6.07, 6.45) is 3.75. The molecular formula is C24H24N4O3. The first-order chi connectivity index (χ1) is 15.2. The van der Waals surface area contributed by atoms with Crippen LogP contribution in [0.3, 0.4) is 0 Å². The first kappa shape index (κ1) is 19.4. The van der Waals surface area contributed by atoms with Gasteiger partial charge in [-0.1, -0.05) is 36.4 Å². The summed E-state index contributed by atoms with van der Waals surface area (Å²) in [6.45, 7) is 2.91. The molecule has 2 heterocycles. The fourth-order valence-corrected chi connectivity index (χ4v) is 4.22. The van der Waals surface area contributed by atoms with E-state index >= 15 is 0 Å².